The molecule has 27 heavy (non-hydrogen) atoms. The lowest BCUT2D eigenvalue weighted by Crippen LogP contribution is -2.57. The average Bonchev–Trinajstić information content (AvgIpc) is 2.61. The summed E-state index contributed by atoms with van der Waals surface area (Å²) in [5.41, 5.74) is 0.613. The Morgan fingerprint density at radius 1 is 1.15 bits per heavy atom. The van der Waals surface area contributed by atoms with Crippen molar-refractivity contribution in [3.05, 3.63) is 35.4 Å². The molecule has 0 bridgehead atoms. The first kappa shape index (κ1) is 23.2. The van der Waals surface area contributed by atoms with E-state index in [2.05, 4.69) is 10.6 Å². The van der Waals surface area contributed by atoms with Crippen LogP contribution in [0.15, 0.2) is 24.3 Å². The van der Waals surface area contributed by atoms with Crippen molar-refractivity contribution >= 4 is 24.2 Å². The monoisotopic (exact) mass is 408 g/mol. The molecule has 1 heterocycles. The molecule has 1 fully saturated rings. The van der Waals surface area contributed by atoms with E-state index < -0.39 is 24.7 Å². The number of nitrogens with one attached hydrogen (secondary N) is 2. The first-order chi connectivity index (χ1) is 12.2. The van der Waals surface area contributed by atoms with Crippen molar-refractivity contribution in [1.29, 1.82) is 0 Å². The molecule has 1 aromatic rings. The molecule has 1 atom stereocenters. The lowest BCUT2D eigenvalue weighted by molar-refractivity contribution is -0.183. The van der Waals surface area contributed by atoms with Crippen LogP contribution in [-0.2, 0) is 0 Å². The second kappa shape index (κ2) is 9.91. The molecule has 0 aliphatic carbocycles. The molecule has 10 heteroatoms. The normalized spacial score (nSPS) is 16.2. The van der Waals surface area contributed by atoms with Gasteiger partial charge in [-0.2, -0.15) is 13.2 Å². The van der Waals surface area contributed by atoms with E-state index in [1.807, 2.05) is 0 Å². The van der Waals surface area contributed by atoms with Crippen LogP contribution in [0.25, 0.3) is 0 Å². The lowest BCUT2D eigenvalue weighted by Gasteiger charge is -2.35. The standard InChI is InChI=1S/C17H23F3N4O2.ClH/c1-23(2)16(26)13-5-3-12(4-6-13)15(25)22-11-14(17(18,19)20)24-9-7-21-8-10-24;/h3-6,14,21H,7-11H2,1-2H3,(H,22,25);1H. The second-order valence-corrected chi connectivity index (χ2v) is 6.33. The van der Waals surface area contributed by atoms with E-state index in [1.54, 1.807) is 14.1 Å². The van der Waals surface area contributed by atoms with Crippen LogP contribution in [0.3, 0.4) is 0 Å². The van der Waals surface area contributed by atoms with Crippen molar-refractivity contribution in [3.8, 4) is 0 Å². The van der Waals surface area contributed by atoms with E-state index in [9.17, 15) is 22.8 Å². The number of benzene rings is 1. The number of carbonyl (C=O) groups is 2. The predicted molar refractivity (Wildman–Crippen MR) is 98.3 cm³/mol. The van der Waals surface area contributed by atoms with Gasteiger partial charge in [-0.25, -0.2) is 0 Å². The molecule has 1 saturated heterocycles. The van der Waals surface area contributed by atoms with Crippen LogP contribution in [0.1, 0.15) is 20.7 Å². The number of halogens is 4. The van der Waals surface area contributed by atoms with E-state index in [4.69, 9.17) is 0 Å². The summed E-state index contributed by atoms with van der Waals surface area (Å²) in [6, 6.07) is 4.10. The minimum Gasteiger partial charge on any atom is -0.350 e. The summed E-state index contributed by atoms with van der Waals surface area (Å²) in [7, 11) is 3.21. The van der Waals surface area contributed by atoms with Crippen molar-refractivity contribution < 1.29 is 22.8 Å². The number of carbonyl (C=O) groups excluding carboxylic acids is 2. The molecule has 2 N–H and O–H groups in total. The maximum Gasteiger partial charge on any atom is 0.405 e. The maximum absolute atomic E-state index is 13.3. The third-order valence-electron chi connectivity index (χ3n) is 4.23. The molecule has 0 spiro atoms. The van der Waals surface area contributed by atoms with Gasteiger partial charge in [-0.3, -0.25) is 14.5 Å². The zero-order valence-corrected chi connectivity index (χ0v) is 16.0. The fourth-order valence-electron chi connectivity index (χ4n) is 2.76. The molecule has 1 aromatic carbocycles. The molecule has 6 nitrogen and oxygen atoms in total. The smallest absolute Gasteiger partial charge is 0.350 e. The lowest BCUT2D eigenvalue weighted by atomic mass is 10.1. The molecule has 0 saturated carbocycles. The molecule has 152 valence electrons. The summed E-state index contributed by atoms with van der Waals surface area (Å²) in [5.74, 6) is -0.814. The van der Waals surface area contributed by atoms with Gasteiger partial charge in [0.25, 0.3) is 11.8 Å². The van der Waals surface area contributed by atoms with Crippen LogP contribution in [0.4, 0.5) is 13.2 Å². The number of piperazine rings is 1. The Morgan fingerprint density at radius 2 is 1.67 bits per heavy atom. The zero-order chi connectivity index (χ0) is 19.3. The van der Waals surface area contributed by atoms with Crippen LogP contribution < -0.4 is 10.6 Å². The molecule has 2 rings (SSSR count). The van der Waals surface area contributed by atoms with Gasteiger partial charge in [0.15, 0.2) is 0 Å². The largest absolute Gasteiger partial charge is 0.405 e. The van der Waals surface area contributed by atoms with Gasteiger partial charge in [-0.05, 0) is 24.3 Å². The van der Waals surface area contributed by atoms with E-state index in [1.165, 1.54) is 34.1 Å². The zero-order valence-electron chi connectivity index (χ0n) is 15.2. The SMILES string of the molecule is CN(C)C(=O)c1ccc(C(=O)NCC(N2CCNCC2)C(F)(F)F)cc1.Cl. The van der Waals surface area contributed by atoms with Gasteiger partial charge in [-0.1, -0.05) is 0 Å². The van der Waals surface area contributed by atoms with Crippen LogP contribution in [0, 0.1) is 0 Å². The topological polar surface area (TPSA) is 64.7 Å². The molecule has 2 amide bonds. The Labute approximate surface area is 162 Å². The minimum absolute atomic E-state index is 0. The summed E-state index contributed by atoms with van der Waals surface area (Å²) in [6.07, 6.45) is -4.42. The van der Waals surface area contributed by atoms with E-state index in [0.29, 0.717) is 18.7 Å². The third kappa shape index (κ3) is 6.37. The summed E-state index contributed by atoms with van der Waals surface area (Å²) >= 11 is 0. The van der Waals surface area contributed by atoms with Crippen LogP contribution in [0.2, 0.25) is 0 Å². The molecule has 0 radical (unpaired) electrons. The number of alkyl halides is 3. The van der Waals surface area contributed by atoms with Crippen molar-refractivity contribution in [3.63, 3.8) is 0 Å². The highest BCUT2D eigenvalue weighted by Crippen LogP contribution is 2.24. The van der Waals surface area contributed by atoms with E-state index >= 15 is 0 Å². The molecule has 0 aromatic heterocycles. The Kier molecular flexibility index (Phi) is 8.52. The van der Waals surface area contributed by atoms with E-state index in [0.717, 1.165) is 0 Å². The minimum atomic E-state index is -4.42. The quantitative estimate of drug-likeness (QED) is 0.772. The summed E-state index contributed by atoms with van der Waals surface area (Å²) in [5, 5.41) is 5.36. The number of rotatable bonds is 5. The molecule has 1 aliphatic heterocycles. The van der Waals surface area contributed by atoms with Crippen molar-refractivity contribution in [2.24, 2.45) is 0 Å². The molecular weight excluding hydrogens is 385 g/mol. The molecule has 1 unspecified atom stereocenters. The Balaban J connectivity index is 0.00000364. The van der Waals surface area contributed by atoms with Gasteiger partial charge >= 0.3 is 6.18 Å². The highest BCUT2D eigenvalue weighted by molar-refractivity contribution is 5.97. The van der Waals surface area contributed by atoms with Crippen LogP contribution >= 0.6 is 12.4 Å². The Bertz CT molecular complexity index is 632. The van der Waals surface area contributed by atoms with Crippen molar-refractivity contribution in [2.75, 3.05) is 46.8 Å². The fourth-order valence-corrected chi connectivity index (χ4v) is 2.76. The van der Waals surface area contributed by atoms with Crippen molar-refractivity contribution in [1.82, 2.24) is 20.4 Å². The molecular formula is C17H24ClF3N4O2. The Morgan fingerprint density at radius 3 is 2.15 bits per heavy atom. The predicted octanol–water partition coefficient (Wildman–Crippen LogP) is 1.38. The highest BCUT2D eigenvalue weighted by Gasteiger charge is 2.43. The van der Waals surface area contributed by atoms with Gasteiger partial charge in [0, 0.05) is 57.9 Å². The van der Waals surface area contributed by atoms with Gasteiger partial charge in [0.05, 0.1) is 0 Å². The Hall–Kier alpha value is -1.84. The van der Waals surface area contributed by atoms with E-state index in [-0.39, 0.29) is 37.0 Å². The average molecular weight is 409 g/mol. The third-order valence-corrected chi connectivity index (χ3v) is 4.23. The summed E-state index contributed by atoms with van der Waals surface area (Å²) < 4.78 is 40.0. The molecule has 1 aliphatic rings. The van der Waals surface area contributed by atoms with Gasteiger partial charge in [0.2, 0.25) is 0 Å². The van der Waals surface area contributed by atoms with Crippen LogP contribution in [0.5, 0.6) is 0 Å². The number of hydrogen-bond acceptors (Lipinski definition) is 4. The van der Waals surface area contributed by atoms with Crippen LogP contribution in [-0.4, -0.2) is 80.7 Å². The number of amides is 2. The van der Waals surface area contributed by atoms with Gasteiger partial charge in [-0.15, -0.1) is 12.4 Å². The maximum atomic E-state index is 13.3. The summed E-state index contributed by atoms with van der Waals surface area (Å²) in [6.45, 7) is 1.02. The highest BCUT2D eigenvalue weighted by atomic mass is 35.5. The fraction of sp³-hybridized carbons (Fsp3) is 0.529. The summed E-state index contributed by atoms with van der Waals surface area (Å²) in [4.78, 5) is 26.7. The number of hydrogen-bond donors (Lipinski definition) is 2. The first-order valence-corrected chi connectivity index (χ1v) is 8.31. The second-order valence-electron chi connectivity index (χ2n) is 6.33. The van der Waals surface area contributed by atoms with Crippen molar-refractivity contribution in [2.45, 2.75) is 12.2 Å². The number of nitrogens with zero attached hydrogens (tertiary/aromatic N) is 2. The van der Waals surface area contributed by atoms with Gasteiger partial charge < -0.3 is 15.5 Å². The first-order valence-electron chi connectivity index (χ1n) is 8.31. The van der Waals surface area contributed by atoms with Gasteiger partial charge in [0.1, 0.15) is 6.04 Å².